The smallest absolute Gasteiger partial charge is 0.0826 e. The number of hydrogen-bond acceptors (Lipinski definition) is 4. The van der Waals surface area contributed by atoms with E-state index in [4.69, 9.17) is 4.74 Å². The number of nitrogens with one attached hydrogen (secondary N) is 1. The lowest BCUT2D eigenvalue weighted by Crippen LogP contribution is -2.45. The van der Waals surface area contributed by atoms with Crippen LogP contribution >= 0.6 is 0 Å². The van der Waals surface area contributed by atoms with E-state index in [1.807, 2.05) is 19.4 Å². The molecule has 0 aromatic carbocycles. The second-order valence-corrected chi connectivity index (χ2v) is 4.14. The van der Waals surface area contributed by atoms with Gasteiger partial charge in [-0.1, -0.05) is 0 Å². The molecule has 0 saturated carbocycles. The van der Waals surface area contributed by atoms with Gasteiger partial charge >= 0.3 is 0 Å². The molecule has 2 rings (SSSR count). The maximum absolute atomic E-state index is 5.67. The molecule has 4 nitrogen and oxygen atoms in total. The SMILES string of the molecule is CNCC1CN(Cc2ccncc2)CCO1. The molecule has 1 N–H and O–H groups in total. The molecular weight excluding hydrogens is 202 g/mol. The summed E-state index contributed by atoms with van der Waals surface area (Å²) in [7, 11) is 1.96. The molecule has 1 aliphatic rings. The van der Waals surface area contributed by atoms with Gasteiger partial charge in [0.25, 0.3) is 0 Å². The van der Waals surface area contributed by atoms with E-state index < -0.39 is 0 Å². The van der Waals surface area contributed by atoms with Crippen molar-refractivity contribution >= 4 is 0 Å². The molecule has 1 fully saturated rings. The lowest BCUT2D eigenvalue weighted by molar-refractivity contribution is -0.0291. The number of pyridine rings is 1. The largest absolute Gasteiger partial charge is 0.374 e. The molecule has 0 aliphatic carbocycles. The Balaban J connectivity index is 1.85. The maximum atomic E-state index is 5.67. The minimum absolute atomic E-state index is 0.320. The zero-order valence-corrected chi connectivity index (χ0v) is 9.72. The van der Waals surface area contributed by atoms with Gasteiger partial charge in [0.1, 0.15) is 0 Å². The van der Waals surface area contributed by atoms with Crippen molar-refractivity contribution in [1.82, 2.24) is 15.2 Å². The van der Waals surface area contributed by atoms with Crippen LogP contribution in [0.2, 0.25) is 0 Å². The Bertz CT molecular complexity index is 302. The quantitative estimate of drug-likeness (QED) is 0.803. The second-order valence-electron chi connectivity index (χ2n) is 4.14. The van der Waals surface area contributed by atoms with Crippen molar-refractivity contribution < 1.29 is 4.74 Å². The maximum Gasteiger partial charge on any atom is 0.0826 e. The van der Waals surface area contributed by atoms with Crippen LogP contribution in [0.5, 0.6) is 0 Å². The zero-order valence-electron chi connectivity index (χ0n) is 9.72. The lowest BCUT2D eigenvalue weighted by Gasteiger charge is -2.32. The van der Waals surface area contributed by atoms with Gasteiger partial charge in [0.05, 0.1) is 12.7 Å². The third-order valence-electron chi connectivity index (χ3n) is 2.81. The average molecular weight is 221 g/mol. The first-order valence-corrected chi connectivity index (χ1v) is 5.76. The monoisotopic (exact) mass is 221 g/mol. The van der Waals surface area contributed by atoms with Crippen molar-refractivity contribution in [2.45, 2.75) is 12.6 Å². The molecule has 4 heteroatoms. The Morgan fingerprint density at radius 2 is 2.31 bits per heavy atom. The number of nitrogens with zero attached hydrogens (tertiary/aromatic N) is 2. The molecule has 1 unspecified atom stereocenters. The highest BCUT2D eigenvalue weighted by Gasteiger charge is 2.19. The minimum atomic E-state index is 0.320. The van der Waals surface area contributed by atoms with Crippen LogP contribution in [0.1, 0.15) is 5.56 Å². The molecule has 0 radical (unpaired) electrons. The Labute approximate surface area is 96.6 Å². The van der Waals surface area contributed by atoms with Gasteiger partial charge in [-0.15, -0.1) is 0 Å². The molecule has 1 aromatic heterocycles. The van der Waals surface area contributed by atoms with Gasteiger partial charge in [-0.05, 0) is 24.7 Å². The molecule has 0 bridgehead atoms. The van der Waals surface area contributed by atoms with Crippen molar-refractivity contribution in [3.8, 4) is 0 Å². The fourth-order valence-corrected chi connectivity index (χ4v) is 2.02. The summed E-state index contributed by atoms with van der Waals surface area (Å²) in [6.07, 6.45) is 4.02. The fraction of sp³-hybridized carbons (Fsp3) is 0.583. The number of likely N-dealkylation sites (N-methyl/N-ethyl adjacent to an activating group) is 1. The van der Waals surface area contributed by atoms with Crippen LogP contribution < -0.4 is 5.32 Å². The van der Waals surface area contributed by atoms with Crippen LogP contribution in [0.25, 0.3) is 0 Å². The standard InChI is InChI=1S/C12H19N3O/c1-13-8-12-10-15(6-7-16-12)9-11-2-4-14-5-3-11/h2-5,12-13H,6-10H2,1H3. The predicted octanol–water partition coefficient (Wildman–Crippen LogP) is 0.502. The van der Waals surface area contributed by atoms with Gasteiger partial charge in [-0.2, -0.15) is 0 Å². The fourth-order valence-electron chi connectivity index (χ4n) is 2.02. The van der Waals surface area contributed by atoms with Crippen molar-refractivity contribution in [1.29, 1.82) is 0 Å². The van der Waals surface area contributed by atoms with Crippen LogP contribution in [-0.2, 0) is 11.3 Å². The number of ether oxygens (including phenoxy) is 1. The normalized spacial score (nSPS) is 22.2. The van der Waals surface area contributed by atoms with Crippen molar-refractivity contribution in [3.05, 3.63) is 30.1 Å². The summed E-state index contributed by atoms with van der Waals surface area (Å²) in [6, 6.07) is 4.14. The molecular formula is C12H19N3O. The van der Waals surface area contributed by atoms with Crippen molar-refractivity contribution in [2.24, 2.45) is 0 Å². The zero-order chi connectivity index (χ0) is 11.2. The third kappa shape index (κ3) is 3.27. The van der Waals surface area contributed by atoms with Gasteiger partial charge in [0.15, 0.2) is 0 Å². The minimum Gasteiger partial charge on any atom is -0.374 e. The first kappa shape index (κ1) is 11.5. The van der Waals surface area contributed by atoms with Gasteiger partial charge in [-0.3, -0.25) is 9.88 Å². The van der Waals surface area contributed by atoms with Crippen molar-refractivity contribution in [3.63, 3.8) is 0 Å². The Hall–Kier alpha value is -0.970. The summed E-state index contributed by atoms with van der Waals surface area (Å²) in [5, 5.41) is 3.16. The molecule has 2 heterocycles. The van der Waals surface area contributed by atoms with E-state index in [0.29, 0.717) is 6.10 Å². The number of hydrogen-bond donors (Lipinski definition) is 1. The van der Waals surface area contributed by atoms with E-state index >= 15 is 0 Å². The predicted molar refractivity (Wildman–Crippen MR) is 63.2 cm³/mol. The van der Waals surface area contributed by atoms with E-state index in [2.05, 4.69) is 27.3 Å². The average Bonchev–Trinajstić information content (AvgIpc) is 2.31. The van der Waals surface area contributed by atoms with Crippen molar-refractivity contribution in [2.75, 3.05) is 33.3 Å². The summed E-state index contributed by atoms with van der Waals surface area (Å²) >= 11 is 0. The van der Waals surface area contributed by atoms with E-state index in [0.717, 1.165) is 32.8 Å². The Morgan fingerprint density at radius 1 is 1.50 bits per heavy atom. The van der Waals surface area contributed by atoms with Gasteiger partial charge < -0.3 is 10.1 Å². The molecule has 1 aliphatic heterocycles. The number of aromatic nitrogens is 1. The highest BCUT2D eigenvalue weighted by molar-refractivity contribution is 5.09. The summed E-state index contributed by atoms with van der Waals surface area (Å²) in [5.41, 5.74) is 1.32. The molecule has 0 amide bonds. The first-order valence-electron chi connectivity index (χ1n) is 5.76. The third-order valence-corrected chi connectivity index (χ3v) is 2.81. The molecule has 1 aromatic rings. The van der Waals surface area contributed by atoms with E-state index in [1.54, 1.807) is 0 Å². The molecule has 16 heavy (non-hydrogen) atoms. The van der Waals surface area contributed by atoms with Crippen LogP contribution in [0, 0.1) is 0 Å². The second kappa shape index (κ2) is 5.94. The highest BCUT2D eigenvalue weighted by Crippen LogP contribution is 2.09. The summed E-state index contributed by atoms with van der Waals surface area (Å²) in [5.74, 6) is 0. The Morgan fingerprint density at radius 3 is 3.06 bits per heavy atom. The summed E-state index contributed by atoms with van der Waals surface area (Å²) < 4.78 is 5.67. The summed E-state index contributed by atoms with van der Waals surface area (Å²) in [4.78, 5) is 6.46. The number of morpholine rings is 1. The molecule has 88 valence electrons. The van der Waals surface area contributed by atoms with E-state index in [-0.39, 0.29) is 0 Å². The highest BCUT2D eigenvalue weighted by atomic mass is 16.5. The van der Waals surface area contributed by atoms with Crippen LogP contribution in [0.4, 0.5) is 0 Å². The first-order chi connectivity index (χ1) is 7.88. The molecule has 0 spiro atoms. The Kier molecular flexibility index (Phi) is 4.27. The van der Waals surface area contributed by atoms with Gasteiger partial charge in [0.2, 0.25) is 0 Å². The van der Waals surface area contributed by atoms with E-state index in [9.17, 15) is 0 Å². The number of rotatable bonds is 4. The molecule has 1 atom stereocenters. The summed E-state index contributed by atoms with van der Waals surface area (Å²) in [6.45, 7) is 4.77. The van der Waals surface area contributed by atoms with Crippen LogP contribution in [0.15, 0.2) is 24.5 Å². The van der Waals surface area contributed by atoms with Gasteiger partial charge in [-0.25, -0.2) is 0 Å². The van der Waals surface area contributed by atoms with Crippen LogP contribution in [0.3, 0.4) is 0 Å². The lowest BCUT2D eigenvalue weighted by atomic mass is 10.2. The van der Waals surface area contributed by atoms with Crippen LogP contribution in [-0.4, -0.2) is 49.3 Å². The van der Waals surface area contributed by atoms with E-state index in [1.165, 1.54) is 5.56 Å². The van der Waals surface area contributed by atoms with Gasteiger partial charge in [0, 0.05) is 38.6 Å². The topological polar surface area (TPSA) is 37.4 Å². The molecule has 1 saturated heterocycles.